The van der Waals surface area contributed by atoms with E-state index in [0.29, 0.717) is 12.2 Å². The van der Waals surface area contributed by atoms with Crippen molar-refractivity contribution in [3.63, 3.8) is 0 Å². The molecule has 176 valence electrons. The predicted octanol–water partition coefficient (Wildman–Crippen LogP) is 4.40. The van der Waals surface area contributed by atoms with Gasteiger partial charge in [0.1, 0.15) is 6.10 Å². The lowest BCUT2D eigenvalue weighted by Crippen LogP contribution is -2.48. The Morgan fingerprint density at radius 3 is 2.10 bits per heavy atom. The summed E-state index contributed by atoms with van der Waals surface area (Å²) in [6, 6.07) is 1.31. The highest BCUT2D eigenvalue weighted by molar-refractivity contribution is 6.74. The summed E-state index contributed by atoms with van der Waals surface area (Å²) in [5, 5.41) is 0.0681. The Bertz CT molecular complexity index is 921. The van der Waals surface area contributed by atoms with E-state index in [2.05, 4.69) is 79.3 Å². The van der Waals surface area contributed by atoms with Crippen molar-refractivity contribution in [3.05, 3.63) is 45.3 Å². The Hall–Kier alpha value is -1.27. The number of rotatable bonds is 6. The average Bonchev–Trinajstić information content (AvgIpc) is 2.87. The van der Waals surface area contributed by atoms with Gasteiger partial charge in [-0.05, 0) is 36.3 Å². The van der Waals surface area contributed by atoms with E-state index in [4.69, 9.17) is 13.6 Å². The molecule has 1 N–H and O–H groups in total. The quantitative estimate of drug-likeness (QED) is 0.494. The van der Waals surface area contributed by atoms with E-state index in [0.717, 1.165) is 0 Å². The maximum absolute atomic E-state index is 12.4. The molecule has 0 radical (unpaired) electrons. The molecule has 2 heterocycles. The van der Waals surface area contributed by atoms with Crippen molar-refractivity contribution in [2.75, 3.05) is 6.61 Å². The smallest absolute Gasteiger partial charge is 0.330 e. The second-order valence-corrected chi connectivity index (χ2v) is 21.1. The van der Waals surface area contributed by atoms with Crippen LogP contribution in [0.1, 0.15) is 47.8 Å². The summed E-state index contributed by atoms with van der Waals surface area (Å²) >= 11 is 0. The molecule has 2 rings (SSSR count). The van der Waals surface area contributed by atoms with Gasteiger partial charge in [-0.25, -0.2) is 4.79 Å². The molecule has 9 heteroatoms. The monoisotopic (exact) mass is 468 g/mol. The van der Waals surface area contributed by atoms with Crippen LogP contribution in [-0.2, 0) is 13.6 Å². The van der Waals surface area contributed by atoms with E-state index >= 15 is 0 Å². The lowest BCUT2D eigenvalue weighted by atomic mass is 10.1. The molecule has 0 bridgehead atoms. The molecule has 0 amide bonds. The van der Waals surface area contributed by atoms with Gasteiger partial charge in [-0.1, -0.05) is 48.1 Å². The summed E-state index contributed by atoms with van der Waals surface area (Å²) in [4.78, 5) is 26.2. The summed E-state index contributed by atoms with van der Waals surface area (Å²) in [5.74, 6) is 0. The van der Waals surface area contributed by atoms with Crippen LogP contribution in [0.5, 0.6) is 0 Å². The maximum atomic E-state index is 12.4. The summed E-state index contributed by atoms with van der Waals surface area (Å²) < 4.78 is 20.8. The third kappa shape index (κ3) is 5.57. The third-order valence-corrected chi connectivity index (χ3v) is 16.0. The van der Waals surface area contributed by atoms with Gasteiger partial charge in [-0.3, -0.25) is 14.3 Å². The van der Waals surface area contributed by atoms with E-state index in [1.54, 1.807) is 0 Å². The molecule has 0 aliphatic carbocycles. The Balaban J connectivity index is 2.38. The maximum Gasteiger partial charge on any atom is 0.330 e. The number of H-pyrrole nitrogens is 1. The van der Waals surface area contributed by atoms with Crippen molar-refractivity contribution < 1.29 is 13.6 Å². The number of ether oxygens (including phenoxy) is 1. The van der Waals surface area contributed by atoms with Crippen molar-refractivity contribution in [2.24, 2.45) is 0 Å². The lowest BCUT2D eigenvalue weighted by molar-refractivity contribution is -0.0396. The summed E-state index contributed by atoms with van der Waals surface area (Å²) in [7, 11) is -4.16. The zero-order valence-electron chi connectivity index (χ0n) is 20.8. The molecule has 1 saturated heterocycles. The predicted molar refractivity (Wildman–Crippen MR) is 130 cm³/mol. The molecule has 1 aliphatic rings. The first-order valence-corrected chi connectivity index (χ1v) is 16.7. The van der Waals surface area contributed by atoms with Gasteiger partial charge in [0.15, 0.2) is 22.9 Å². The van der Waals surface area contributed by atoms with Gasteiger partial charge in [-0.2, -0.15) is 0 Å². The standard InChI is InChI=1S/C22H40N2O5Si2/c1-15-18(29-31(10,11)22(5,6)7)16(14-27-30(8,9)21(2,3)4)28-19(15)24-13-12-17(25)23-20(24)26/h12-13,16,18-19H,1,14H2,2-11H3,(H,23,25,26)/t16-,18+,19-/m1/s1. The highest BCUT2D eigenvalue weighted by Crippen LogP contribution is 2.43. The molecule has 0 saturated carbocycles. The second kappa shape index (κ2) is 8.59. The molecule has 0 unspecified atom stereocenters. The van der Waals surface area contributed by atoms with E-state index in [1.807, 2.05) is 0 Å². The normalized spacial score (nSPS) is 23.4. The van der Waals surface area contributed by atoms with E-state index in [-0.39, 0.29) is 16.2 Å². The molecular weight excluding hydrogens is 428 g/mol. The lowest BCUT2D eigenvalue weighted by Gasteiger charge is -2.40. The average molecular weight is 469 g/mol. The molecular formula is C22H40N2O5Si2. The van der Waals surface area contributed by atoms with Crippen LogP contribution in [0.15, 0.2) is 34.0 Å². The van der Waals surface area contributed by atoms with Crippen LogP contribution >= 0.6 is 0 Å². The number of nitrogens with one attached hydrogen (secondary N) is 1. The van der Waals surface area contributed by atoms with Crippen molar-refractivity contribution in [2.45, 2.75) is 96.2 Å². The van der Waals surface area contributed by atoms with Gasteiger partial charge in [0.2, 0.25) is 0 Å². The first kappa shape index (κ1) is 26.0. The Morgan fingerprint density at radius 2 is 1.61 bits per heavy atom. The van der Waals surface area contributed by atoms with Crippen LogP contribution in [0.4, 0.5) is 0 Å². The molecule has 1 aromatic heterocycles. The molecule has 0 spiro atoms. The number of aromatic amines is 1. The molecule has 1 fully saturated rings. The SMILES string of the molecule is C=C1[C@H](n2ccc(=O)[nH]c2=O)O[C@H](CO[Si](C)(C)C(C)(C)C)[C@H]1O[Si](C)(C)C(C)(C)C. The van der Waals surface area contributed by atoms with Gasteiger partial charge in [0.05, 0.1) is 12.7 Å². The Kier molecular flexibility index (Phi) is 7.20. The first-order valence-electron chi connectivity index (χ1n) is 10.8. The van der Waals surface area contributed by atoms with Crippen LogP contribution < -0.4 is 11.2 Å². The zero-order valence-corrected chi connectivity index (χ0v) is 22.8. The minimum absolute atomic E-state index is 0.00499. The van der Waals surface area contributed by atoms with Gasteiger partial charge in [0.25, 0.3) is 5.56 Å². The number of nitrogens with zero attached hydrogens (tertiary/aromatic N) is 1. The molecule has 3 atom stereocenters. The van der Waals surface area contributed by atoms with Crippen molar-refractivity contribution in [1.29, 1.82) is 0 Å². The summed E-state index contributed by atoms with van der Waals surface area (Å²) in [5.41, 5.74) is -0.310. The van der Waals surface area contributed by atoms with Crippen LogP contribution in [0.3, 0.4) is 0 Å². The molecule has 0 aromatic carbocycles. The molecule has 7 nitrogen and oxygen atoms in total. The largest absolute Gasteiger partial charge is 0.414 e. The van der Waals surface area contributed by atoms with Gasteiger partial charge in [-0.15, -0.1) is 0 Å². The van der Waals surface area contributed by atoms with E-state index in [9.17, 15) is 9.59 Å². The summed E-state index contributed by atoms with van der Waals surface area (Å²) in [6.45, 7) is 26.5. The Labute approximate surface area is 188 Å². The molecule has 1 aromatic rings. The Morgan fingerprint density at radius 1 is 1.06 bits per heavy atom. The minimum Gasteiger partial charge on any atom is -0.414 e. The van der Waals surface area contributed by atoms with Crippen LogP contribution in [0, 0.1) is 0 Å². The van der Waals surface area contributed by atoms with Gasteiger partial charge >= 0.3 is 5.69 Å². The molecule has 1 aliphatic heterocycles. The fraction of sp³-hybridized carbons (Fsp3) is 0.727. The fourth-order valence-corrected chi connectivity index (χ4v) is 5.14. The van der Waals surface area contributed by atoms with Crippen molar-refractivity contribution in [3.8, 4) is 0 Å². The number of hydrogen-bond donors (Lipinski definition) is 1. The zero-order chi connectivity index (χ0) is 24.0. The number of hydrogen-bond acceptors (Lipinski definition) is 5. The fourth-order valence-electron chi connectivity index (χ4n) is 2.84. The third-order valence-electron chi connectivity index (χ3n) is 7.07. The summed E-state index contributed by atoms with van der Waals surface area (Å²) in [6.07, 6.45) is -0.0569. The van der Waals surface area contributed by atoms with Crippen LogP contribution in [-0.4, -0.2) is 45.0 Å². The minimum atomic E-state index is -2.15. The highest BCUT2D eigenvalue weighted by Gasteiger charge is 2.48. The highest BCUT2D eigenvalue weighted by atomic mass is 28.4. The second-order valence-electron chi connectivity index (χ2n) is 11.5. The van der Waals surface area contributed by atoms with E-state index in [1.165, 1.54) is 16.8 Å². The van der Waals surface area contributed by atoms with Crippen LogP contribution in [0.2, 0.25) is 36.3 Å². The van der Waals surface area contributed by atoms with Gasteiger partial charge in [0, 0.05) is 17.8 Å². The first-order chi connectivity index (χ1) is 13.9. The van der Waals surface area contributed by atoms with E-state index < -0.39 is 40.2 Å². The topological polar surface area (TPSA) is 82.6 Å². The van der Waals surface area contributed by atoms with Crippen molar-refractivity contribution in [1.82, 2.24) is 9.55 Å². The number of aromatic nitrogens is 2. The molecule has 31 heavy (non-hydrogen) atoms. The van der Waals surface area contributed by atoms with Gasteiger partial charge < -0.3 is 13.6 Å². The van der Waals surface area contributed by atoms with Crippen LogP contribution in [0.25, 0.3) is 0 Å². The van der Waals surface area contributed by atoms with Crippen molar-refractivity contribution >= 4 is 16.6 Å².